The quantitative estimate of drug-likeness (QED) is 0.0686. The molecule has 0 radical (unpaired) electrons. The van der Waals surface area contributed by atoms with E-state index in [-0.39, 0.29) is 22.0 Å². The highest BCUT2D eigenvalue weighted by atomic mass is 31.1. The molecule has 0 heterocycles. The fourth-order valence-electron chi connectivity index (χ4n) is 3.37. The van der Waals surface area contributed by atoms with Gasteiger partial charge in [-0.15, -0.1) is 0 Å². The Morgan fingerprint density at radius 1 is 0.795 bits per heavy atom. The highest BCUT2D eigenvalue weighted by Gasteiger charge is 2.11. The molecule has 3 aromatic carbocycles. The first-order chi connectivity index (χ1) is 18.9. The molecule has 1 atom stereocenters. The van der Waals surface area contributed by atoms with Gasteiger partial charge in [-0.25, -0.2) is 9.59 Å². The molecule has 1 unspecified atom stereocenters. The second-order valence-electron chi connectivity index (χ2n) is 8.18. The molecule has 7 nitrogen and oxygen atoms in total. The molecular formula is C31H31O7P. The van der Waals surface area contributed by atoms with E-state index in [0.717, 1.165) is 28.3 Å². The van der Waals surface area contributed by atoms with E-state index in [1.165, 1.54) is 0 Å². The predicted octanol–water partition coefficient (Wildman–Crippen LogP) is 6.74. The minimum absolute atomic E-state index is 0.0746. The van der Waals surface area contributed by atoms with Crippen molar-refractivity contribution in [2.24, 2.45) is 0 Å². The lowest BCUT2D eigenvalue weighted by Gasteiger charge is -2.15. The Morgan fingerprint density at radius 3 is 2.13 bits per heavy atom. The predicted molar refractivity (Wildman–Crippen MR) is 154 cm³/mol. The average Bonchev–Trinajstić information content (AvgIpc) is 2.96. The standard InChI is InChI=1S/C31H31O7P/c1-5-30(32)36-17-16-35-29-21-26(12-15-28(29)34-18-19-37-39-6-2)25-9-7-8-24(20-25)23-10-13-27(14-11-23)38-31(33)22(3)4/h5-15,20-21,39H,1-3,16-19H2,4H3. The van der Waals surface area contributed by atoms with E-state index in [1.54, 1.807) is 24.9 Å². The molecule has 0 aliphatic rings. The molecule has 0 aliphatic heterocycles. The number of hydrogen-bond acceptors (Lipinski definition) is 7. The molecule has 8 heteroatoms. The smallest absolute Gasteiger partial charge is 0.338 e. The summed E-state index contributed by atoms with van der Waals surface area (Å²) < 4.78 is 27.5. The molecule has 0 spiro atoms. The summed E-state index contributed by atoms with van der Waals surface area (Å²) in [7, 11) is 0.210. The van der Waals surface area contributed by atoms with Gasteiger partial charge in [-0.05, 0) is 65.3 Å². The van der Waals surface area contributed by atoms with Crippen LogP contribution in [0.3, 0.4) is 0 Å². The molecule has 0 saturated carbocycles. The van der Waals surface area contributed by atoms with E-state index in [4.69, 9.17) is 23.5 Å². The Kier molecular flexibility index (Phi) is 11.5. The van der Waals surface area contributed by atoms with E-state index < -0.39 is 11.9 Å². The number of ether oxygens (including phenoxy) is 4. The Bertz CT molecular complexity index is 1310. The van der Waals surface area contributed by atoms with Gasteiger partial charge in [0, 0.05) is 20.5 Å². The first kappa shape index (κ1) is 29.4. The van der Waals surface area contributed by atoms with Gasteiger partial charge in [0.25, 0.3) is 0 Å². The molecular weight excluding hydrogens is 515 g/mol. The van der Waals surface area contributed by atoms with Gasteiger partial charge in [0.15, 0.2) is 11.5 Å². The van der Waals surface area contributed by atoms with Crippen molar-refractivity contribution in [1.82, 2.24) is 0 Å². The monoisotopic (exact) mass is 546 g/mol. The van der Waals surface area contributed by atoms with Crippen LogP contribution in [0.5, 0.6) is 17.2 Å². The van der Waals surface area contributed by atoms with Gasteiger partial charge in [-0.3, -0.25) is 0 Å². The van der Waals surface area contributed by atoms with Crippen molar-refractivity contribution >= 4 is 20.7 Å². The van der Waals surface area contributed by atoms with Gasteiger partial charge in [-0.2, -0.15) is 0 Å². The Hall–Kier alpha value is -4.19. The summed E-state index contributed by atoms with van der Waals surface area (Å²) in [5, 5.41) is 0. The third kappa shape index (κ3) is 9.25. The molecule has 3 rings (SSSR count). The van der Waals surface area contributed by atoms with Crippen LogP contribution in [0.15, 0.2) is 104 Å². The molecule has 202 valence electrons. The zero-order valence-electron chi connectivity index (χ0n) is 21.8. The van der Waals surface area contributed by atoms with E-state index in [9.17, 15) is 9.59 Å². The summed E-state index contributed by atoms with van der Waals surface area (Å²) in [6.07, 6.45) is 1.11. The first-order valence-corrected chi connectivity index (χ1v) is 13.2. The third-order valence-corrected chi connectivity index (χ3v) is 5.79. The normalized spacial score (nSPS) is 10.6. The first-order valence-electron chi connectivity index (χ1n) is 12.2. The number of esters is 2. The van der Waals surface area contributed by atoms with Crippen LogP contribution in [-0.2, 0) is 18.8 Å². The minimum Gasteiger partial charge on any atom is -0.487 e. The van der Waals surface area contributed by atoms with Gasteiger partial charge in [0.05, 0.1) is 6.61 Å². The van der Waals surface area contributed by atoms with Crippen LogP contribution in [0, 0.1) is 0 Å². The largest absolute Gasteiger partial charge is 0.487 e. The van der Waals surface area contributed by atoms with Gasteiger partial charge < -0.3 is 23.5 Å². The molecule has 0 fully saturated rings. The number of carbonyl (C=O) groups excluding carboxylic acids is 2. The number of hydrogen-bond donors (Lipinski definition) is 0. The molecule has 0 amide bonds. The van der Waals surface area contributed by atoms with Crippen LogP contribution in [-0.4, -0.2) is 38.4 Å². The maximum Gasteiger partial charge on any atom is 0.338 e. The lowest BCUT2D eigenvalue weighted by atomic mass is 9.99. The zero-order chi connectivity index (χ0) is 28.0. The fourth-order valence-corrected chi connectivity index (χ4v) is 3.69. The summed E-state index contributed by atoms with van der Waals surface area (Å²) in [6.45, 7) is 13.2. The van der Waals surface area contributed by atoms with Crippen molar-refractivity contribution in [3.05, 3.63) is 104 Å². The maximum atomic E-state index is 11.8. The fraction of sp³-hybridized carbons (Fsp3) is 0.161. The molecule has 3 aromatic rings. The molecule has 0 N–H and O–H groups in total. The third-order valence-electron chi connectivity index (χ3n) is 5.25. The van der Waals surface area contributed by atoms with Crippen LogP contribution >= 0.6 is 8.81 Å². The van der Waals surface area contributed by atoms with Crippen LogP contribution in [0.4, 0.5) is 0 Å². The number of rotatable bonds is 15. The van der Waals surface area contributed by atoms with Crippen molar-refractivity contribution in [1.29, 1.82) is 0 Å². The van der Waals surface area contributed by atoms with Gasteiger partial charge in [0.2, 0.25) is 0 Å². The average molecular weight is 547 g/mol. The van der Waals surface area contributed by atoms with Gasteiger partial charge in [0.1, 0.15) is 25.6 Å². The van der Waals surface area contributed by atoms with Crippen LogP contribution in [0.2, 0.25) is 0 Å². The highest BCUT2D eigenvalue weighted by molar-refractivity contribution is 7.36. The Balaban J connectivity index is 1.78. The topological polar surface area (TPSA) is 80.3 Å². The van der Waals surface area contributed by atoms with E-state index >= 15 is 0 Å². The maximum absolute atomic E-state index is 11.8. The van der Waals surface area contributed by atoms with Crippen molar-refractivity contribution in [3.8, 4) is 39.5 Å². The van der Waals surface area contributed by atoms with E-state index in [1.807, 2.05) is 48.5 Å². The summed E-state index contributed by atoms with van der Waals surface area (Å²) in [5.41, 5.74) is 4.18. The number of carbonyl (C=O) groups is 2. The van der Waals surface area contributed by atoms with Crippen molar-refractivity contribution in [2.75, 3.05) is 26.4 Å². The summed E-state index contributed by atoms with van der Waals surface area (Å²) in [5.74, 6) is 2.25. The van der Waals surface area contributed by atoms with Crippen LogP contribution in [0.1, 0.15) is 6.92 Å². The molecule has 0 aromatic heterocycles. The van der Waals surface area contributed by atoms with Gasteiger partial charge >= 0.3 is 11.9 Å². The zero-order valence-corrected chi connectivity index (χ0v) is 22.8. The second kappa shape index (κ2) is 15.3. The number of benzene rings is 3. The Labute approximate surface area is 230 Å². The van der Waals surface area contributed by atoms with Crippen molar-refractivity contribution in [3.63, 3.8) is 0 Å². The van der Waals surface area contributed by atoms with Crippen LogP contribution in [0.25, 0.3) is 22.3 Å². The van der Waals surface area contributed by atoms with Crippen LogP contribution < -0.4 is 14.2 Å². The van der Waals surface area contributed by atoms with Crippen molar-refractivity contribution in [2.45, 2.75) is 6.92 Å². The summed E-state index contributed by atoms with van der Waals surface area (Å²) in [4.78, 5) is 23.1. The minimum atomic E-state index is -0.511. The summed E-state index contributed by atoms with van der Waals surface area (Å²) in [6, 6.07) is 21.0. The molecule has 0 saturated heterocycles. The lowest BCUT2D eigenvalue weighted by molar-refractivity contribution is -0.138. The second-order valence-corrected chi connectivity index (χ2v) is 9.11. The van der Waals surface area contributed by atoms with E-state index in [0.29, 0.717) is 36.0 Å². The SMILES string of the molecule is C=CPOCCOc1ccc(-c2cccc(-c3ccc(OC(=O)C(=C)C)cc3)c2)cc1OCCOC(=O)C=C. The summed E-state index contributed by atoms with van der Waals surface area (Å²) >= 11 is 0. The molecule has 0 aliphatic carbocycles. The van der Waals surface area contributed by atoms with E-state index in [2.05, 4.69) is 25.8 Å². The van der Waals surface area contributed by atoms with Crippen molar-refractivity contribution < 1.29 is 33.1 Å². The Morgan fingerprint density at radius 2 is 1.44 bits per heavy atom. The molecule has 39 heavy (non-hydrogen) atoms. The van der Waals surface area contributed by atoms with Gasteiger partial charge in [-0.1, -0.05) is 56.1 Å². The highest BCUT2D eigenvalue weighted by Crippen LogP contribution is 2.34. The molecule has 0 bridgehead atoms. The lowest BCUT2D eigenvalue weighted by Crippen LogP contribution is -2.11.